The van der Waals surface area contributed by atoms with Crippen LogP contribution in [0.25, 0.3) is 0 Å². The van der Waals surface area contributed by atoms with Gasteiger partial charge in [0.15, 0.2) is 0 Å². The number of aliphatic hydroxyl groups excluding tert-OH is 1. The molecular weight excluding hydrogens is 264 g/mol. The Morgan fingerprint density at radius 2 is 2.00 bits per heavy atom. The number of hydrogen-bond donors (Lipinski definition) is 2. The molecule has 21 heavy (non-hydrogen) atoms. The van der Waals surface area contributed by atoms with E-state index in [0.717, 1.165) is 28.7 Å². The van der Waals surface area contributed by atoms with E-state index in [9.17, 15) is 9.90 Å². The first-order valence-corrected chi connectivity index (χ1v) is 7.98. The number of aliphatic hydroxyl groups is 1. The van der Waals surface area contributed by atoms with Gasteiger partial charge in [0.2, 0.25) is 0 Å². The molecule has 3 atom stereocenters. The molecule has 0 saturated heterocycles. The maximum absolute atomic E-state index is 11.6. The summed E-state index contributed by atoms with van der Waals surface area (Å²) >= 11 is 0. The normalized spacial score (nSPS) is 32.0. The number of rotatable bonds is 2. The maximum Gasteiger partial charge on any atom is 0.321 e. The smallest absolute Gasteiger partial charge is 0.321 e. The van der Waals surface area contributed by atoms with Crippen molar-refractivity contribution in [2.24, 2.45) is 17.8 Å². The van der Waals surface area contributed by atoms with Gasteiger partial charge >= 0.3 is 6.03 Å². The zero-order chi connectivity index (χ0) is 14.6. The van der Waals surface area contributed by atoms with E-state index >= 15 is 0 Å². The Balaban J connectivity index is 1.56. The summed E-state index contributed by atoms with van der Waals surface area (Å²) < 4.78 is 0. The molecule has 112 valence electrons. The number of carbonyl (C=O) groups is 1. The molecule has 0 aromatic heterocycles. The minimum Gasteiger partial charge on any atom is -0.388 e. The third-order valence-electron chi connectivity index (χ3n) is 5.55. The third kappa shape index (κ3) is 2.13. The highest BCUT2D eigenvalue weighted by molar-refractivity contribution is 5.92. The lowest BCUT2D eigenvalue weighted by atomic mass is 9.98. The Morgan fingerprint density at radius 1 is 1.29 bits per heavy atom. The van der Waals surface area contributed by atoms with E-state index in [2.05, 4.69) is 11.4 Å². The number of fused-ring (bicyclic) bond motifs is 2. The minimum absolute atomic E-state index is 0.0657. The molecule has 2 fully saturated rings. The van der Waals surface area contributed by atoms with Crippen LogP contribution in [0.15, 0.2) is 18.2 Å². The lowest BCUT2D eigenvalue weighted by Crippen LogP contribution is -2.35. The van der Waals surface area contributed by atoms with E-state index in [1.165, 1.54) is 25.7 Å². The van der Waals surface area contributed by atoms with Crippen molar-refractivity contribution in [3.05, 3.63) is 29.3 Å². The Kier molecular flexibility index (Phi) is 2.96. The van der Waals surface area contributed by atoms with Crippen LogP contribution in [0.2, 0.25) is 0 Å². The number of anilines is 1. The maximum atomic E-state index is 11.6. The second-order valence-electron chi connectivity index (χ2n) is 6.84. The lowest BCUT2D eigenvalue weighted by molar-refractivity contribution is 0.142. The second-order valence-corrected chi connectivity index (χ2v) is 6.84. The number of benzene rings is 1. The van der Waals surface area contributed by atoms with Crippen LogP contribution in [0.3, 0.4) is 0 Å². The highest BCUT2D eigenvalue weighted by Crippen LogP contribution is 2.60. The standard InChI is InChI=1S/C17H22N2O2/c1-19-9-11-8-10(6-7-14(11)18-17(19)21)16(20)15-12-4-2-3-5-13(12)15/h6-8,12-13,15-16,20H,2-5,9H2,1H3,(H,18,21). The summed E-state index contributed by atoms with van der Waals surface area (Å²) in [4.78, 5) is 13.3. The van der Waals surface area contributed by atoms with Crippen molar-refractivity contribution in [2.75, 3.05) is 12.4 Å². The molecule has 0 spiro atoms. The fourth-order valence-electron chi connectivity index (χ4n) is 4.33. The Bertz CT molecular complexity index is 574. The second kappa shape index (κ2) is 4.73. The number of carbonyl (C=O) groups excluding carboxylic acids is 1. The van der Waals surface area contributed by atoms with E-state index in [1.54, 1.807) is 11.9 Å². The molecule has 1 aliphatic heterocycles. The van der Waals surface area contributed by atoms with Gasteiger partial charge < -0.3 is 15.3 Å². The highest BCUT2D eigenvalue weighted by atomic mass is 16.3. The molecule has 4 heteroatoms. The van der Waals surface area contributed by atoms with E-state index < -0.39 is 0 Å². The van der Waals surface area contributed by atoms with Crippen molar-refractivity contribution < 1.29 is 9.90 Å². The van der Waals surface area contributed by atoms with Gasteiger partial charge in [0.05, 0.1) is 6.10 Å². The van der Waals surface area contributed by atoms with Crippen LogP contribution in [0.5, 0.6) is 0 Å². The van der Waals surface area contributed by atoms with E-state index in [0.29, 0.717) is 12.5 Å². The molecule has 4 nitrogen and oxygen atoms in total. The highest BCUT2D eigenvalue weighted by Gasteiger charge is 2.54. The number of urea groups is 1. The molecule has 1 aromatic carbocycles. The fraction of sp³-hybridized carbons (Fsp3) is 0.588. The van der Waals surface area contributed by atoms with E-state index in [4.69, 9.17) is 0 Å². The largest absolute Gasteiger partial charge is 0.388 e. The Labute approximate surface area is 125 Å². The monoisotopic (exact) mass is 286 g/mol. The van der Waals surface area contributed by atoms with Gasteiger partial charge in [0.25, 0.3) is 0 Å². The summed E-state index contributed by atoms with van der Waals surface area (Å²) in [6, 6.07) is 5.91. The average molecular weight is 286 g/mol. The van der Waals surface area contributed by atoms with E-state index in [-0.39, 0.29) is 12.1 Å². The third-order valence-corrected chi connectivity index (χ3v) is 5.55. The van der Waals surface area contributed by atoms with E-state index in [1.807, 2.05) is 12.1 Å². The summed E-state index contributed by atoms with van der Waals surface area (Å²) in [6.45, 7) is 0.610. The summed E-state index contributed by atoms with van der Waals surface area (Å²) in [5, 5.41) is 13.6. The number of amides is 2. The van der Waals surface area contributed by atoms with Crippen molar-refractivity contribution in [1.82, 2.24) is 4.90 Å². The van der Waals surface area contributed by atoms with Gasteiger partial charge in [-0.2, -0.15) is 0 Å². The van der Waals surface area contributed by atoms with Crippen molar-refractivity contribution >= 4 is 11.7 Å². The van der Waals surface area contributed by atoms with Gasteiger partial charge in [0, 0.05) is 19.3 Å². The molecule has 3 aliphatic rings. The number of nitrogens with one attached hydrogen (secondary N) is 1. The summed E-state index contributed by atoms with van der Waals surface area (Å²) in [5.41, 5.74) is 2.98. The molecule has 2 aliphatic carbocycles. The average Bonchev–Trinajstić information content (AvgIpc) is 3.21. The van der Waals surface area contributed by atoms with Gasteiger partial charge in [-0.15, -0.1) is 0 Å². The molecular formula is C17H22N2O2. The van der Waals surface area contributed by atoms with Crippen LogP contribution in [0.1, 0.15) is 42.9 Å². The molecule has 1 aromatic rings. The van der Waals surface area contributed by atoms with Crippen molar-refractivity contribution in [3.8, 4) is 0 Å². The van der Waals surface area contributed by atoms with Crippen LogP contribution in [0, 0.1) is 17.8 Å². The first kappa shape index (κ1) is 13.1. The molecule has 0 bridgehead atoms. The predicted octanol–water partition coefficient (Wildman–Crippen LogP) is 3.13. The summed E-state index contributed by atoms with van der Waals surface area (Å²) in [5.74, 6) is 1.95. The van der Waals surface area contributed by atoms with Crippen molar-refractivity contribution in [3.63, 3.8) is 0 Å². The Hall–Kier alpha value is -1.55. The minimum atomic E-state index is -0.341. The van der Waals surface area contributed by atoms with Crippen LogP contribution in [-0.2, 0) is 6.54 Å². The van der Waals surface area contributed by atoms with Gasteiger partial charge in [-0.1, -0.05) is 18.9 Å². The van der Waals surface area contributed by atoms with Crippen LogP contribution in [-0.4, -0.2) is 23.1 Å². The van der Waals surface area contributed by atoms with Crippen molar-refractivity contribution in [2.45, 2.75) is 38.3 Å². The van der Waals surface area contributed by atoms with Gasteiger partial charge in [-0.05, 0) is 53.9 Å². The van der Waals surface area contributed by atoms with Crippen LogP contribution >= 0.6 is 0 Å². The summed E-state index contributed by atoms with van der Waals surface area (Å²) in [7, 11) is 1.79. The van der Waals surface area contributed by atoms with Crippen LogP contribution < -0.4 is 5.32 Å². The molecule has 2 N–H and O–H groups in total. The summed E-state index contributed by atoms with van der Waals surface area (Å²) in [6.07, 6.45) is 4.88. The topological polar surface area (TPSA) is 52.6 Å². The molecule has 0 radical (unpaired) electrons. The number of hydrogen-bond acceptors (Lipinski definition) is 2. The molecule has 4 rings (SSSR count). The predicted molar refractivity (Wildman–Crippen MR) is 80.8 cm³/mol. The van der Waals surface area contributed by atoms with Crippen LogP contribution in [0.4, 0.5) is 10.5 Å². The fourth-order valence-corrected chi connectivity index (χ4v) is 4.33. The molecule has 1 heterocycles. The Morgan fingerprint density at radius 3 is 2.71 bits per heavy atom. The van der Waals surface area contributed by atoms with Gasteiger partial charge in [-0.3, -0.25) is 0 Å². The number of nitrogens with zero attached hydrogens (tertiary/aromatic N) is 1. The van der Waals surface area contributed by atoms with Gasteiger partial charge in [0.1, 0.15) is 0 Å². The first-order chi connectivity index (χ1) is 10.1. The quantitative estimate of drug-likeness (QED) is 0.877. The first-order valence-electron chi connectivity index (χ1n) is 7.98. The SMILES string of the molecule is CN1Cc2cc(C(O)C3C4CCCCC43)ccc2NC1=O. The zero-order valence-electron chi connectivity index (χ0n) is 12.4. The van der Waals surface area contributed by atoms with Crippen molar-refractivity contribution in [1.29, 1.82) is 0 Å². The van der Waals surface area contributed by atoms with Gasteiger partial charge in [-0.25, -0.2) is 4.79 Å². The molecule has 2 amide bonds. The molecule has 2 saturated carbocycles. The lowest BCUT2D eigenvalue weighted by Gasteiger charge is -2.27. The molecule has 3 unspecified atom stereocenters. The zero-order valence-corrected chi connectivity index (χ0v) is 12.4.